The van der Waals surface area contributed by atoms with Gasteiger partial charge in [-0.15, -0.1) is 0 Å². The molecule has 1 amide bonds. The molecule has 5 nitrogen and oxygen atoms in total. The largest absolute Gasteiger partial charge is 0.306 e. The quantitative estimate of drug-likeness (QED) is 0.783. The molecule has 16 heavy (non-hydrogen) atoms. The predicted molar refractivity (Wildman–Crippen MR) is 63.5 cm³/mol. The zero-order valence-corrected chi connectivity index (χ0v) is 10.3. The lowest BCUT2D eigenvalue weighted by atomic mass is 10.4. The number of nitrogens with zero attached hydrogens (tertiary/aromatic N) is 2. The molecule has 0 bridgehead atoms. The third kappa shape index (κ3) is 4.55. The standard InChI is InChI=1S/C10H15ClN4O/c1-6(2)12-5-9(16)15-10-13-7(3)4-8(11)14-10/h4,6,12H,5H2,1-3H3,(H,13,14,15,16). The first-order valence-corrected chi connectivity index (χ1v) is 5.39. The maximum Gasteiger partial charge on any atom is 0.240 e. The van der Waals surface area contributed by atoms with Crippen LogP contribution in [0.1, 0.15) is 19.5 Å². The molecule has 0 saturated heterocycles. The van der Waals surface area contributed by atoms with Gasteiger partial charge in [0, 0.05) is 11.7 Å². The number of hydrogen-bond acceptors (Lipinski definition) is 4. The fraction of sp³-hybridized carbons (Fsp3) is 0.500. The molecule has 0 atom stereocenters. The van der Waals surface area contributed by atoms with Gasteiger partial charge in [-0.2, -0.15) is 0 Å². The van der Waals surface area contributed by atoms with Gasteiger partial charge in [-0.1, -0.05) is 25.4 Å². The second kappa shape index (κ2) is 5.77. The molecule has 0 aromatic carbocycles. The minimum atomic E-state index is -0.185. The van der Waals surface area contributed by atoms with E-state index in [1.807, 2.05) is 13.8 Å². The second-order valence-corrected chi connectivity index (χ2v) is 4.13. The highest BCUT2D eigenvalue weighted by molar-refractivity contribution is 6.29. The normalized spacial score (nSPS) is 10.6. The number of carbonyl (C=O) groups is 1. The molecule has 0 aliphatic heterocycles. The number of aryl methyl sites for hydroxylation is 1. The van der Waals surface area contributed by atoms with E-state index in [1.165, 1.54) is 0 Å². The van der Waals surface area contributed by atoms with Gasteiger partial charge in [0.15, 0.2) is 0 Å². The first kappa shape index (κ1) is 12.9. The van der Waals surface area contributed by atoms with Crippen LogP contribution in [0.25, 0.3) is 0 Å². The van der Waals surface area contributed by atoms with Crippen LogP contribution >= 0.6 is 11.6 Å². The number of amides is 1. The van der Waals surface area contributed by atoms with E-state index in [2.05, 4.69) is 20.6 Å². The number of rotatable bonds is 4. The smallest absolute Gasteiger partial charge is 0.240 e. The van der Waals surface area contributed by atoms with Crippen molar-refractivity contribution in [3.8, 4) is 0 Å². The van der Waals surface area contributed by atoms with Crippen molar-refractivity contribution >= 4 is 23.5 Å². The van der Waals surface area contributed by atoms with Gasteiger partial charge in [0.05, 0.1) is 6.54 Å². The zero-order valence-electron chi connectivity index (χ0n) is 9.54. The summed E-state index contributed by atoms with van der Waals surface area (Å²) in [6.45, 7) is 5.95. The van der Waals surface area contributed by atoms with Crippen LogP contribution in [0, 0.1) is 6.92 Å². The van der Waals surface area contributed by atoms with Gasteiger partial charge in [-0.3, -0.25) is 10.1 Å². The molecule has 0 aliphatic carbocycles. The molecule has 6 heteroatoms. The number of nitrogens with one attached hydrogen (secondary N) is 2. The van der Waals surface area contributed by atoms with E-state index < -0.39 is 0 Å². The first-order chi connectivity index (χ1) is 7.47. The summed E-state index contributed by atoms with van der Waals surface area (Å²) < 4.78 is 0. The molecule has 1 heterocycles. The van der Waals surface area contributed by atoms with Gasteiger partial charge in [0.2, 0.25) is 11.9 Å². The molecule has 88 valence electrons. The van der Waals surface area contributed by atoms with Crippen LogP contribution in [0.15, 0.2) is 6.07 Å². The van der Waals surface area contributed by atoms with Gasteiger partial charge in [-0.25, -0.2) is 9.97 Å². The minimum absolute atomic E-state index is 0.185. The predicted octanol–water partition coefficient (Wildman–Crippen LogP) is 1.37. The molecule has 0 spiro atoms. The molecule has 0 saturated carbocycles. The highest BCUT2D eigenvalue weighted by Gasteiger charge is 2.06. The SMILES string of the molecule is Cc1cc(Cl)nc(NC(=O)CNC(C)C)n1. The summed E-state index contributed by atoms with van der Waals surface area (Å²) in [6, 6.07) is 1.89. The molecule has 1 aromatic rings. The summed E-state index contributed by atoms with van der Waals surface area (Å²) in [5, 5.41) is 5.88. The highest BCUT2D eigenvalue weighted by Crippen LogP contribution is 2.09. The molecule has 1 rings (SSSR count). The average molecular weight is 243 g/mol. The van der Waals surface area contributed by atoms with E-state index in [1.54, 1.807) is 13.0 Å². The van der Waals surface area contributed by atoms with Crippen molar-refractivity contribution in [1.29, 1.82) is 0 Å². The van der Waals surface area contributed by atoms with Gasteiger partial charge < -0.3 is 5.32 Å². The van der Waals surface area contributed by atoms with Crippen LogP contribution in [0.4, 0.5) is 5.95 Å². The van der Waals surface area contributed by atoms with Crippen molar-refractivity contribution in [2.45, 2.75) is 26.8 Å². The van der Waals surface area contributed by atoms with Crippen LogP contribution < -0.4 is 10.6 Å². The van der Waals surface area contributed by atoms with Crippen LogP contribution in [0.3, 0.4) is 0 Å². The van der Waals surface area contributed by atoms with E-state index in [-0.39, 0.29) is 24.4 Å². The van der Waals surface area contributed by atoms with Crippen molar-refractivity contribution in [2.75, 3.05) is 11.9 Å². The molecule has 0 aliphatic rings. The highest BCUT2D eigenvalue weighted by atomic mass is 35.5. The van der Waals surface area contributed by atoms with Gasteiger partial charge in [0.25, 0.3) is 0 Å². The topological polar surface area (TPSA) is 66.9 Å². The Kier molecular flexibility index (Phi) is 4.64. The summed E-state index contributed by atoms with van der Waals surface area (Å²) in [7, 11) is 0. The Hall–Kier alpha value is -1.20. The number of carbonyl (C=O) groups excluding carboxylic acids is 1. The van der Waals surface area contributed by atoms with Crippen LogP contribution in [-0.2, 0) is 4.79 Å². The number of hydrogen-bond donors (Lipinski definition) is 2. The fourth-order valence-electron chi connectivity index (χ4n) is 1.05. The lowest BCUT2D eigenvalue weighted by molar-refractivity contribution is -0.115. The van der Waals surface area contributed by atoms with Crippen molar-refractivity contribution in [3.05, 3.63) is 16.9 Å². The van der Waals surface area contributed by atoms with E-state index in [0.29, 0.717) is 10.8 Å². The Morgan fingerprint density at radius 2 is 2.19 bits per heavy atom. The number of halogens is 1. The molecule has 1 aromatic heterocycles. The third-order valence-electron chi connectivity index (χ3n) is 1.75. The number of aromatic nitrogens is 2. The Morgan fingerprint density at radius 3 is 2.75 bits per heavy atom. The Bertz CT molecular complexity index is 361. The van der Waals surface area contributed by atoms with Gasteiger partial charge in [0.1, 0.15) is 5.15 Å². The summed E-state index contributed by atoms with van der Waals surface area (Å²) in [5.74, 6) is 0.0518. The Labute approximate surface area is 99.6 Å². The average Bonchev–Trinajstić information content (AvgIpc) is 2.12. The van der Waals surface area contributed by atoms with E-state index in [4.69, 9.17) is 11.6 Å². The first-order valence-electron chi connectivity index (χ1n) is 5.02. The van der Waals surface area contributed by atoms with E-state index in [9.17, 15) is 4.79 Å². The third-order valence-corrected chi connectivity index (χ3v) is 1.94. The molecular formula is C10H15ClN4O. The van der Waals surface area contributed by atoms with Gasteiger partial charge in [-0.05, 0) is 13.0 Å². The summed E-state index contributed by atoms with van der Waals surface area (Å²) in [4.78, 5) is 19.4. The second-order valence-electron chi connectivity index (χ2n) is 3.74. The number of anilines is 1. The molecule has 0 unspecified atom stereocenters. The van der Waals surface area contributed by atoms with Crippen molar-refractivity contribution < 1.29 is 4.79 Å². The lowest BCUT2D eigenvalue weighted by Crippen LogP contribution is -2.33. The van der Waals surface area contributed by atoms with Gasteiger partial charge >= 0.3 is 0 Å². The minimum Gasteiger partial charge on any atom is -0.306 e. The van der Waals surface area contributed by atoms with Crippen molar-refractivity contribution in [3.63, 3.8) is 0 Å². The van der Waals surface area contributed by atoms with E-state index >= 15 is 0 Å². The van der Waals surface area contributed by atoms with Crippen LogP contribution in [0.5, 0.6) is 0 Å². The van der Waals surface area contributed by atoms with Crippen LogP contribution in [-0.4, -0.2) is 28.5 Å². The maximum absolute atomic E-state index is 11.4. The molecule has 2 N–H and O–H groups in total. The molecule has 0 fully saturated rings. The fourth-order valence-corrected chi connectivity index (χ4v) is 1.29. The summed E-state index contributed by atoms with van der Waals surface area (Å²) >= 11 is 5.74. The molecule has 0 radical (unpaired) electrons. The monoisotopic (exact) mass is 242 g/mol. The maximum atomic E-state index is 11.4. The summed E-state index contributed by atoms with van der Waals surface area (Å²) in [6.07, 6.45) is 0. The summed E-state index contributed by atoms with van der Waals surface area (Å²) in [5.41, 5.74) is 0.715. The van der Waals surface area contributed by atoms with E-state index in [0.717, 1.165) is 0 Å². The Balaban J connectivity index is 2.56. The van der Waals surface area contributed by atoms with Crippen LogP contribution in [0.2, 0.25) is 5.15 Å². The molecular weight excluding hydrogens is 228 g/mol. The lowest BCUT2D eigenvalue weighted by Gasteiger charge is -2.08. The zero-order chi connectivity index (χ0) is 12.1. The van der Waals surface area contributed by atoms with Crippen molar-refractivity contribution in [1.82, 2.24) is 15.3 Å². The van der Waals surface area contributed by atoms with Crippen molar-refractivity contribution in [2.24, 2.45) is 0 Å². The Morgan fingerprint density at radius 1 is 1.50 bits per heavy atom.